The molecule has 104 valence electrons. The van der Waals surface area contributed by atoms with Crippen LogP contribution < -0.4 is 5.32 Å². The first-order chi connectivity index (χ1) is 10.1. The van der Waals surface area contributed by atoms with Crippen molar-refractivity contribution in [2.45, 2.75) is 0 Å². The zero-order valence-corrected chi connectivity index (χ0v) is 13.3. The normalized spacial score (nSPS) is 10.6. The van der Waals surface area contributed by atoms with Crippen LogP contribution in [-0.2, 0) is 0 Å². The molecule has 0 aliphatic heterocycles. The highest BCUT2D eigenvalue weighted by Crippen LogP contribution is 2.24. The molecule has 3 aromatic carbocycles. The second-order valence-electron chi connectivity index (χ2n) is 4.64. The maximum absolute atomic E-state index is 12.2. The molecule has 0 spiro atoms. The average Bonchev–Trinajstić information content (AvgIpc) is 2.50. The fourth-order valence-corrected chi connectivity index (χ4v) is 2.60. The smallest absolute Gasteiger partial charge is 0.255 e. The molecule has 0 radical (unpaired) electrons. The monoisotopic (exact) mass is 359 g/mol. The van der Waals surface area contributed by atoms with Crippen molar-refractivity contribution in [1.82, 2.24) is 0 Å². The molecule has 21 heavy (non-hydrogen) atoms. The molecule has 0 fully saturated rings. The average molecular weight is 361 g/mol. The maximum Gasteiger partial charge on any atom is 0.255 e. The van der Waals surface area contributed by atoms with Crippen LogP contribution in [0.4, 0.5) is 5.69 Å². The van der Waals surface area contributed by atoms with Crippen LogP contribution in [0.1, 0.15) is 10.4 Å². The highest BCUT2D eigenvalue weighted by atomic mass is 79.9. The number of carbonyl (C=O) groups excluding carboxylic acids is 1. The molecule has 0 aromatic heterocycles. The number of carbonyl (C=O) groups is 1. The van der Waals surface area contributed by atoms with Crippen LogP contribution in [0.2, 0.25) is 5.02 Å². The van der Waals surface area contributed by atoms with Gasteiger partial charge in [-0.05, 0) is 57.0 Å². The zero-order chi connectivity index (χ0) is 14.8. The highest BCUT2D eigenvalue weighted by Gasteiger charge is 2.08. The van der Waals surface area contributed by atoms with Gasteiger partial charge in [-0.3, -0.25) is 4.79 Å². The fourth-order valence-electron chi connectivity index (χ4n) is 2.11. The van der Waals surface area contributed by atoms with Crippen molar-refractivity contribution in [2.75, 3.05) is 5.32 Å². The second-order valence-corrected chi connectivity index (χ2v) is 5.91. The first-order valence-electron chi connectivity index (χ1n) is 6.39. The van der Waals surface area contributed by atoms with Gasteiger partial charge in [0.1, 0.15) is 0 Å². The predicted molar refractivity (Wildman–Crippen MR) is 91.1 cm³/mol. The van der Waals surface area contributed by atoms with Crippen molar-refractivity contribution in [3.8, 4) is 0 Å². The molecule has 0 saturated heterocycles. The Hall–Kier alpha value is -1.84. The van der Waals surface area contributed by atoms with Gasteiger partial charge in [0, 0.05) is 15.7 Å². The van der Waals surface area contributed by atoms with Crippen molar-refractivity contribution in [3.63, 3.8) is 0 Å². The van der Waals surface area contributed by atoms with Gasteiger partial charge in [0.15, 0.2) is 0 Å². The van der Waals surface area contributed by atoms with Crippen LogP contribution in [0.15, 0.2) is 65.1 Å². The lowest BCUT2D eigenvalue weighted by Crippen LogP contribution is -2.11. The van der Waals surface area contributed by atoms with Gasteiger partial charge in [-0.2, -0.15) is 0 Å². The molecule has 0 bridgehead atoms. The van der Waals surface area contributed by atoms with E-state index in [1.165, 1.54) is 0 Å². The van der Waals surface area contributed by atoms with Crippen LogP contribution >= 0.6 is 27.5 Å². The van der Waals surface area contributed by atoms with Crippen LogP contribution in [0.25, 0.3) is 10.8 Å². The van der Waals surface area contributed by atoms with Crippen LogP contribution in [-0.4, -0.2) is 5.91 Å². The fraction of sp³-hybridized carbons (Fsp3) is 0. The Bertz CT molecular complexity index is 832. The molecule has 2 nitrogen and oxygen atoms in total. The van der Waals surface area contributed by atoms with Crippen molar-refractivity contribution in [3.05, 3.63) is 75.7 Å². The van der Waals surface area contributed by atoms with Gasteiger partial charge >= 0.3 is 0 Å². The third-order valence-electron chi connectivity index (χ3n) is 3.19. The number of fused-ring (bicyclic) bond motifs is 1. The van der Waals surface area contributed by atoms with E-state index < -0.39 is 0 Å². The summed E-state index contributed by atoms with van der Waals surface area (Å²) in [6, 6.07) is 19.0. The Balaban J connectivity index is 1.87. The number of amides is 1. The van der Waals surface area contributed by atoms with Crippen molar-refractivity contribution >= 4 is 49.9 Å². The van der Waals surface area contributed by atoms with Crippen LogP contribution in [0.5, 0.6) is 0 Å². The number of rotatable bonds is 2. The molecular formula is C17H11BrClNO. The lowest BCUT2D eigenvalue weighted by Gasteiger charge is -2.07. The summed E-state index contributed by atoms with van der Waals surface area (Å²) < 4.78 is 0.704. The lowest BCUT2D eigenvalue weighted by atomic mass is 10.1. The molecule has 0 heterocycles. The number of hydrogen-bond donors (Lipinski definition) is 1. The Morgan fingerprint density at radius 3 is 2.48 bits per heavy atom. The lowest BCUT2D eigenvalue weighted by molar-refractivity contribution is 0.102. The van der Waals surface area contributed by atoms with E-state index in [4.69, 9.17) is 11.6 Å². The largest absolute Gasteiger partial charge is 0.322 e. The van der Waals surface area contributed by atoms with E-state index in [1.54, 1.807) is 18.2 Å². The molecule has 0 aliphatic carbocycles. The van der Waals surface area contributed by atoms with Gasteiger partial charge in [-0.1, -0.05) is 41.9 Å². The maximum atomic E-state index is 12.2. The molecular weight excluding hydrogens is 350 g/mol. The molecule has 1 N–H and O–H groups in total. The van der Waals surface area contributed by atoms with Crippen molar-refractivity contribution in [2.24, 2.45) is 0 Å². The number of hydrogen-bond acceptors (Lipinski definition) is 1. The van der Waals surface area contributed by atoms with Gasteiger partial charge in [0.25, 0.3) is 5.91 Å². The minimum atomic E-state index is -0.164. The van der Waals surface area contributed by atoms with Gasteiger partial charge in [0.05, 0.1) is 5.02 Å². The highest BCUT2D eigenvalue weighted by molar-refractivity contribution is 9.10. The topological polar surface area (TPSA) is 29.1 Å². The molecule has 1 amide bonds. The first-order valence-corrected chi connectivity index (χ1v) is 7.56. The number of anilines is 1. The summed E-state index contributed by atoms with van der Waals surface area (Å²) in [6.07, 6.45) is 0. The standard InChI is InChI=1S/C17H11BrClNO/c18-15-10-13(6-8-16(15)19)17(21)20-14-7-5-11-3-1-2-4-12(11)9-14/h1-10H,(H,20,21). The van der Waals surface area contributed by atoms with E-state index in [9.17, 15) is 4.79 Å². The number of nitrogens with one attached hydrogen (secondary N) is 1. The first kappa shape index (κ1) is 14.1. The van der Waals surface area contributed by atoms with Gasteiger partial charge in [-0.25, -0.2) is 0 Å². The SMILES string of the molecule is O=C(Nc1ccc2ccccc2c1)c1ccc(Cl)c(Br)c1. The third kappa shape index (κ3) is 3.09. The minimum absolute atomic E-state index is 0.164. The van der Waals surface area contributed by atoms with Crippen LogP contribution in [0, 0.1) is 0 Å². The quantitative estimate of drug-likeness (QED) is 0.641. The van der Waals surface area contributed by atoms with Crippen molar-refractivity contribution < 1.29 is 4.79 Å². The Morgan fingerprint density at radius 2 is 1.71 bits per heavy atom. The summed E-state index contributed by atoms with van der Waals surface area (Å²) in [5.41, 5.74) is 1.32. The zero-order valence-electron chi connectivity index (χ0n) is 10.9. The summed E-state index contributed by atoms with van der Waals surface area (Å²) >= 11 is 9.25. The molecule has 3 aromatic rings. The van der Waals surface area contributed by atoms with E-state index in [1.807, 2.05) is 42.5 Å². The third-order valence-corrected chi connectivity index (χ3v) is 4.40. The molecule has 0 aliphatic rings. The van der Waals surface area contributed by atoms with Crippen molar-refractivity contribution in [1.29, 1.82) is 0 Å². The Labute approximate surface area is 135 Å². The summed E-state index contributed by atoms with van der Waals surface area (Å²) in [5, 5.41) is 5.71. The number of halogens is 2. The van der Waals surface area contributed by atoms with E-state index >= 15 is 0 Å². The summed E-state index contributed by atoms with van der Waals surface area (Å²) in [4.78, 5) is 12.2. The molecule has 0 atom stereocenters. The minimum Gasteiger partial charge on any atom is -0.322 e. The Morgan fingerprint density at radius 1 is 0.952 bits per heavy atom. The predicted octanol–water partition coefficient (Wildman–Crippen LogP) is 5.51. The molecule has 0 saturated carbocycles. The number of benzene rings is 3. The van der Waals surface area contributed by atoms with Gasteiger partial charge < -0.3 is 5.32 Å². The molecule has 0 unspecified atom stereocenters. The molecule has 3 rings (SSSR count). The summed E-state index contributed by atoms with van der Waals surface area (Å²) in [5.74, 6) is -0.164. The van der Waals surface area contributed by atoms with E-state index in [0.29, 0.717) is 15.1 Å². The van der Waals surface area contributed by atoms with E-state index in [2.05, 4.69) is 21.2 Å². The van der Waals surface area contributed by atoms with E-state index in [-0.39, 0.29) is 5.91 Å². The van der Waals surface area contributed by atoms with Crippen LogP contribution in [0.3, 0.4) is 0 Å². The van der Waals surface area contributed by atoms with Gasteiger partial charge in [-0.15, -0.1) is 0 Å². The van der Waals surface area contributed by atoms with Gasteiger partial charge in [0.2, 0.25) is 0 Å². The Kier molecular flexibility index (Phi) is 3.95. The second kappa shape index (κ2) is 5.88. The summed E-state index contributed by atoms with van der Waals surface area (Å²) in [7, 11) is 0. The summed E-state index contributed by atoms with van der Waals surface area (Å²) in [6.45, 7) is 0. The molecule has 4 heteroatoms. The van der Waals surface area contributed by atoms with E-state index in [0.717, 1.165) is 16.5 Å².